The zero-order valence-electron chi connectivity index (χ0n) is 21.7. The first-order valence-electron chi connectivity index (χ1n) is 12.4. The van der Waals surface area contributed by atoms with E-state index in [0.717, 1.165) is 5.39 Å². The Balaban J connectivity index is 1.70. The van der Waals surface area contributed by atoms with Crippen molar-refractivity contribution in [2.24, 2.45) is 0 Å². The molecule has 0 radical (unpaired) electrons. The number of fused-ring (bicyclic) bond motifs is 1. The Morgan fingerprint density at radius 3 is 2.29 bits per heavy atom. The molecule has 11 nitrogen and oxygen atoms in total. The van der Waals surface area contributed by atoms with E-state index in [0.29, 0.717) is 27.8 Å². The number of methoxy groups -OCH3 is 1. The van der Waals surface area contributed by atoms with Crippen LogP contribution in [0.3, 0.4) is 0 Å². The predicted octanol–water partition coefficient (Wildman–Crippen LogP) is 4.32. The van der Waals surface area contributed by atoms with Gasteiger partial charge in [-0.05, 0) is 51.2 Å². The molecule has 0 saturated carbocycles. The summed E-state index contributed by atoms with van der Waals surface area (Å²) in [6, 6.07) is 21.3. The Morgan fingerprint density at radius 2 is 1.59 bits per heavy atom. The molecule has 4 aromatic rings. The van der Waals surface area contributed by atoms with Crippen molar-refractivity contribution in [1.29, 1.82) is 0 Å². The maximum absolute atomic E-state index is 12.1. The number of aromatic amines is 1. The minimum atomic E-state index is -5.17. The second-order valence-electron chi connectivity index (χ2n) is 9.38. The van der Waals surface area contributed by atoms with Crippen molar-refractivity contribution in [2.75, 3.05) is 7.11 Å². The Morgan fingerprint density at radius 1 is 0.854 bits per heavy atom. The van der Waals surface area contributed by atoms with Gasteiger partial charge in [-0.2, -0.15) is 16.8 Å². The maximum Gasteiger partial charge on any atom is 0.398 e. The molecular weight excluding hydrogens is 574 g/mol. The number of H-pyrrole nitrogens is 1. The highest BCUT2D eigenvalue weighted by atomic mass is 32.3. The van der Waals surface area contributed by atoms with Crippen LogP contribution in [0.2, 0.25) is 0 Å². The van der Waals surface area contributed by atoms with Gasteiger partial charge < -0.3 is 14.5 Å². The SMILES string of the molecule is COc1cccc(CO[C@H]2[C@H](OS(=O)(=O)O)[C@H](OS(=O)(=O)O)C(c3cccc4ccccc34)=C[C@@H]2c2cc[nH]c2)c1. The first kappa shape index (κ1) is 29.0. The van der Waals surface area contributed by atoms with Crippen molar-refractivity contribution < 1.29 is 43.8 Å². The fourth-order valence-electron chi connectivity index (χ4n) is 5.12. The van der Waals surface area contributed by atoms with Gasteiger partial charge in [0.25, 0.3) is 0 Å². The van der Waals surface area contributed by atoms with Gasteiger partial charge in [0.1, 0.15) is 18.0 Å². The maximum atomic E-state index is 12.1. The van der Waals surface area contributed by atoms with Gasteiger partial charge in [0.15, 0.2) is 0 Å². The Bertz CT molecular complexity index is 1760. The minimum Gasteiger partial charge on any atom is -0.497 e. The lowest BCUT2D eigenvalue weighted by Crippen LogP contribution is -2.50. The summed E-state index contributed by atoms with van der Waals surface area (Å²) in [6.45, 7) is -0.0653. The third-order valence-electron chi connectivity index (χ3n) is 6.78. The number of aromatic nitrogens is 1. The smallest absolute Gasteiger partial charge is 0.398 e. The van der Waals surface area contributed by atoms with Crippen LogP contribution in [0.1, 0.15) is 22.6 Å². The molecule has 3 N–H and O–H groups in total. The molecule has 1 aliphatic carbocycles. The summed E-state index contributed by atoms with van der Waals surface area (Å²) in [7, 11) is -8.81. The highest BCUT2D eigenvalue weighted by molar-refractivity contribution is 7.81. The Kier molecular flexibility index (Phi) is 8.29. The van der Waals surface area contributed by atoms with E-state index in [1.54, 1.807) is 67.0 Å². The number of nitrogens with one attached hydrogen (secondary N) is 1. The molecule has 0 saturated heterocycles. The van der Waals surface area contributed by atoms with E-state index in [9.17, 15) is 25.9 Å². The molecule has 0 spiro atoms. The third kappa shape index (κ3) is 6.85. The van der Waals surface area contributed by atoms with E-state index < -0.39 is 45.0 Å². The van der Waals surface area contributed by atoms with Gasteiger partial charge in [-0.3, -0.25) is 9.11 Å². The van der Waals surface area contributed by atoms with Crippen LogP contribution < -0.4 is 4.74 Å². The van der Waals surface area contributed by atoms with Crippen molar-refractivity contribution in [3.05, 3.63) is 108 Å². The fourth-order valence-corrected chi connectivity index (χ4v) is 6.09. The third-order valence-corrected chi connectivity index (χ3v) is 7.70. The quantitative estimate of drug-likeness (QED) is 0.223. The molecule has 0 unspecified atom stereocenters. The highest BCUT2D eigenvalue weighted by Gasteiger charge is 2.48. The van der Waals surface area contributed by atoms with Crippen LogP contribution in [0, 0.1) is 0 Å². The lowest BCUT2D eigenvalue weighted by Gasteiger charge is -2.40. The van der Waals surface area contributed by atoms with Crippen LogP contribution in [0.4, 0.5) is 0 Å². The molecule has 0 aliphatic heterocycles. The number of ether oxygens (including phenoxy) is 2. The number of hydrogen-bond acceptors (Lipinski definition) is 8. The van der Waals surface area contributed by atoms with Crippen molar-refractivity contribution in [1.82, 2.24) is 4.98 Å². The monoisotopic (exact) mass is 601 g/mol. The summed E-state index contributed by atoms with van der Waals surface area (Å²) >= 11 is 0. The molecule has 216 valence electrons. The van der Waals surface area contributed by atoms with Crippen LogP contribution in [-0.4, -0.2) is 56.3 Å². The van der Waals surface area contributed by atoms with E-state index in [1.165, 1.54) is 7.11 Å². The van der Waals surface area contributed by atoms with Crippen molar-refractivity contribution in [3.8, 4) is 5.75 Å². The highest BCUT2D eigenvalue weighted by Crippen LogP contribution is 2.43. The van der Waals surface area contributed by atoms with Gasteiger partial charge >= 0.3 is 20.8 Å². The van der Waals surface area contributed by atoms with Gasteiger partial charge in [-0.25, -0.2) is 8.37 Å². The molecule has 0 amide bonds. The van der Waals surface area contributed by atoms with Crippen molar-refractivity contribution >= 4 is 37.1 Å². The number of hydrogen-bond donors (Lipinski definition) is 3. The lowest BCUT2D eigenvalue weighted by molar-refractivity contribution is -0.0755. The lowest BCUT2D eigenvalue weighted by atomic mass is 9.77. The topological polar surface area (TPSA) is 161 Å². The van der Waals surface area contributed by atoms with Crippen molar-refractivity contribution in [3.63, 3.8) is 0 Å². The molecule has 0 fully saturated rings. The molecular formula is C28H27NO10S2. The van der Waals surface area contributed by atoms with E-state index in [1.807, 2.05) is 24.3 Å². The van der Waals surface area contributed by atoms with Crippen molar-refractivity contribution in [2.45, 2.75) is 30.8 Å². The molecule has 0 bridgehead atoms. The molecule has 5 rings (SSSR count). The van der Waals surface area contributed by atoms with Gasteiger partial charge in [-0.1, -0.05) is 60.7 Å². The minimum absolute atomic E-state index is 0.0653. The largest absolute Gasteiger partial charge is 0.497 e. The van der Waals surface area contributed by atoms with E-state index >= 15 is 0 Å². The van der Waals surface area contributed by atoms with Gasteiger partial charge in [0.05, 0.1) is 19.8 Å². The molecule has 1 heterocycles. The van der Waals surface area contributed by atoms with Crippen LogP contribution >= 0.6 is 0 Å². The van der Waals surface area contributed by atoms with Crippen LogP contribution in [0.5, 0.6) is 5.75 Å². The summed E-state index contributed by atoms with van der Waals surface area (Å²) in [5.41, 5.74) is 2.04. The standard InChI is InChI=1S/C28H27NO10S2/c1-36-21-9-4-6-18(14-21)17-37-26-24(20-12-13-29-16-20)15-25(23-11-5-8-19-7-2-3-10-22(19)23)27(38-40(30,31)32)28(26)39-41(33,34)35/h2-16,24,26-29H,17H2,1H3,(H,30,31,32)(H,33,34,35)/t24-,26-,27-,28+/m1/s1. The summed E-state index contributed by atoms with van der Waals surface area (Å²) in [4.78, 5) is 2.96. The molecule has 13 heteroatoms. The second kappa shape index (κ2) is 11.7. The first-order valence-corrected chi connectivity index (χ1v) is 15.1. The summed E-state index contributed by atoms with van der Waals surface area (Å²) in [6.07, 6.45) is 0.336. The number of benzene rings is 3. The normalized spacial score (nSPS) is 21.5. The summed E-state index contributed by atoms with van der Waals surface area (Å²) < 4.78 is 89.7. The zero-order valence-corrected chi connectivity index (χ0v) is 23.3. The summed E-state index contributed by atoms with van der Waals surface area (Å²) in [5, 5.41) is 1.53. The van der Waals surface area contributed by atoms with Crippen LogP contribution in [0.15, 0.2) is 91.3 Å². The molecule has 3 aromatic carbocycles. The molecule has 1 aromatic heterocycles. The molecule has 4 atom stereocenters. The predicted molar refractivity (Wildman–Crippen MR) is 150 cm³/mol. The average molecular weight is 602 g/mol. The number of rotatable bonds is 10. The summed E-state index contributed by atoms with van der Waals surface area (Å²) in [5.74, 6) is -0.151. The van der Waals surface area contributed by atoms with Gasteiger partial charge in [0, 0.05) is 18.3 Å². The Labute approximate surface area is 237 Å². The first-order chi connectivity index (χ1) is 19.5. The second-order valence-corrected chi connectivity index (χ2v) is 11.5. The molecule has 41 heavy (non-hydrogen) atoms. The Hall–Kier alpha value is -3.56. The van der Waals surface area contributed by atoms with E-state index in [2.05, 4.69) is 4.98 Å². The average Bonchev–Trinajstić information content (AvgIpc) is 3.46. The van der Waals surface area contributed by atoms with E-state index in [-0.39, 0.29) is 12.2 Å². The zero-order chi connectivity index (χ0) is 29.2. The fraction of sp³-hybridized carbons (Fsp3) is 0.214. The van der Waals surface area contributed by atoms with Crippen LogP contribution in [0.25, 0.3) is 16.3 Å². The van der Waals surface area contributed by atoms with Gasteiger partial charge in [-0.15, -0.1) is 0 Å². The van der Waals surface area contributed by atoms with Gasteiger partial charge in [0.2, 0.25) is 0 Å². The van der Waals surface area contributed by atoms with Crippen LogP contribution in [-0.2, 0) is 40.5 Å². The van der Waals surface area contributed by atoms with E-state index in [4.69, 9.17) is 17.8 Å². The molecule has 1 aliphatic rings.